The summed E-state index contributed by atoms with van der Waals surface area (Å²) in [6.07, 6.45) is 1.35. The number of benzene rings is 3. The zero-order valence-electron chi connectivity index (χ0n) is 17.0. The Labute approximate surface area is 182 Å². The van der Waals surface area contributed by atoms with Crippen LogP contribution in [-0.2, 0) is 0 Å². The lowest BCUT2D eigenvalue weighted by Gasteiger charge is -2.26. The second-order valence-electron chi connectivity index (χ2n) is 7.46. The zero-order valence-corrected chi connectivity index (χ0v) is 17.9. The van der Waals surface area contributed by atoms with Gasteiger partial charge in [-0.05, 0) is 43.3 Å². The molecule has 156 valence electrons. The highest BCUT2D eigenvalue weighted by molar-refractivity contribution is 5.96. The molecular weight excluding hydrogens is 399 g/mol. The average molecular weight is 425 g/mol. The van der Waals surface area contributed by atoms with E-state index in [9.17, 15) is 9.50 Å². The molecule has 0 spiro atoms. The van der Waals surface area contributed by atoms with E-state index in [2.05, 4.69) is 53.3 Å². The zero-order chi connectivity index (χ0) is 20.4. The van der Waals surface area contributed by atoms with Crippen LogP contribution in [0.15, 0.2) is 79.0 Å². The van der Waals surface area contributed by atoms with Crippen molar-refractivity contribution < 1.29 is 9.50 Å². The number of aliphatic hydroxyl groups excluding tert-OH is 1. The summed E-state index contributed by atoms with van der Waals surface area (Å²) in [6.45, 7) is 2.47. The van der Waals surface area contributed by atoms with Crippen LogP contribution in [0.3, 0.4) is 0 Å². The molecule has 2 atom stereocenters. The molecule has 30 heavy (non-hydrogen) atoms. The molecule has 0 radical (unpaired) electrons. The second kappa shape index (κ2) is 9.43. The third kappa shape index (κ3) is 4.26. The lowest BCUT2D eigenvalue weighted by Crippen LogP contribution is -2.33. The molecule has 0 fully saturated rings. The molecule has 0 aliphatic carbocycles. The molecule has 4 aromatic rings. The van der Waals surface area contributed by atoms with Gasteiger partial charge in [-0.15, -0.1) is 12.4 Å². The summed E-state index contributed by atoms with van der Waals surface area (Å²) in [5.41, 5.74) is 5.17. The van der Waals surface area contributed by atoms with E-state index in [0.29, 0.717) is 6.54 Å². The number of aromatic nitrogens is 1. The SMILES string of the molecule is CNC[C@@H](O)[C@H](c1cccc(F)c1)n1cc(-c2ccc(C)cc2)c2ccccc21.Cl. The molecule has 4 rings (SSSR count). The van der Waals surface area contributed by atoms with Gasteiger partial charge in [-0.1, -0.05) is 60.2 Å². The summed E-state index contributed by atoms with van der Waals surface area (Å²) in [7, 11) is 1.80. The highest BCUT2D eigenvalue weighted by Gasteiger charge is 2.25. The third-order valence-electron chi connectivity index (χ3n) is 5.37. The van der Waals surface area contributed by atoms with Crippen LogP contribution in [0.1, 0.15) is 17.2 Å². The Morgan fingerprint density at radius 1 is 1.00 bits per heavy atom. The fourth-order valence-corrected chi connectivity index (χ4v) is 3.98. The molecule has 0 bridgehead atoms. The van der Waals surface area contributed by atoms with Gasteiger partial charge in [0.2, 0.25) is 0 Å². The number of hydrogen-bond acceptors (Lipinski definition) is 2. The van der Waals surface area contributed by atoms with E-state index >= 15 is 0 Å². The number of aliphatic hydroxyl groups is 1. The first kappa shape index (κ1) is 22.0. The minimum Gasteiger partial charge on any atom is -0.389 e. The van der Waals surface area contributed by atoms with Crippen LogP contribution in [0.2, 0.25) is 0 Å². The maximum Gasteiger partial charge on any atom is 0.123 e. The van der Waals surface area contributed by atoms with Crippen LogP contribution in [0.4, 0.5) is 4.39 Å². The summed E-state index contributed by atoms with van der Waals surface area (Å²) in [6, 6.07) is 22.6. The summed E-state index contributed by atoms with van der Waals surface area (Å²) in [4.78, 5) is 0. The van der Waals surface area contributed by atoms with Crippen LogP contribution in [0.5, 0.6) is 0 Å². The summed E-state index contributed by atoms with van der Waals surface area (Å²) < 4.78 is 16.1. The smallest absolute Gasteiger partial charge is 0.123 e. The van der Waals surface area contributed by atoms with Gasteiger partial charge in [0.25, 0.3) is 0 Å². The van der Waals surface area contributed by atoms with Crippen molar-refractivity contribution in [1.82, 2.24) is 9.88 Å². The van der Waals surface area contributed by atoms with Gasteiger partial charge < -0.3 is 15.0 Å². The van der Waals surface area contributed by atoms with Gasteiger partial charge in [-0.3, -0.25) is 0 Å². The topological polar surface area (TPSA) is 37.2 Å². The van der Waals surface area contributed by atoms with Gasteiger partial charge in [0.05, 0.1) is 12.1 Å². The lowest BCUT2D eigenvalue weighted by molar-refractivity contribution is 0.132. The Morgan fingerprint density at radius 2 is 1.73 bits per heavy atom. The van der Waals surface area contributed by atoms with Crippen molar-refractivity contribution in [3.8, 4) is 11.1 Å². The van der Waals surface area contributed by atoms with Crippen molar-refractivity contribution in [3.05, 3.63) is 95.9 Å². The number of halogens is 2. The minimum absolute atomic E-state index is 0. The first-order valence-corrected chi connectivity index (χ1v) is 9.83. The van der Waals surface area contributed by atoms with Gasteiger partial charge in [-0.2, -0.15) is 0 Å². The Bertz CT molecular complexity index is 1120. The molecule has 1 heterocycles. The Hall–Kier alpha value is -2.66. The van der Waals surface area contributed by atoms with Crippen molar-refractivity contribution in [1.29, 1.82) is 0 Å². The number of likely N-dealkylation sites (N-methyl/N-ethyl adjacent to an activating group) is 1. The molecular formula is C25H26ClFN2O. The van der Waals surface area contributed by atoms with E-state index in [1.165, 1.54) is 17.7 Å². The fraction of sp³-hybridized carbons (Fsp3) is 0.200. The molecule has 0 saturated carbocycles. The standard InChI is InChI=1S/C25H25FN2O.ClH/c1-17-10-12-18(13-11-17)22-16-28(23-9-4-3-8-21(22)23)25(24(29)15-27-2)19-6-5-7-20(26)14-19;/h3-14,16,24-25,27,29H,15H2,1-2H3;1H/t24-,25+;/m1./s1. The van der Waals surface area contributed by atoms with Gasteiger partial charge in [0.15, 0.2) is 0 Å². The van der Waals surface area contributed by atoms with Crippen molar-refractivity contribution in [2.75, 3.05) is 13.6 Å². The van der Waals surface area contributed by atoms with Crippen molar-refractivity contribution in [2.24, 2.45) is 0 Å². The molecule has 0 saturated heterocycles. The highest BCUT2D eigenvalue weighted by Crippen LogP contribution is 2.35. The lowest BCUT2D eigenvalue weighted by atomic mass is 10.0. The number of para-hydroxylation sites is 1. The van der Waals surface area contributed by atoms with E-state index < -0.39 is 12.1 Å². The van der Waals surface area contributed by atoms with E-state index in [-0.39, 0.29) is 18.2 Å². The summed E-state index contributed by atoms with van der Waals surface area (Å²) in [5.74, 6) is -0.306. The number of rotatable bonds is 6. The van der Waals surface area contributed by atoms with Crippen molar-refractivity contribution in [2.45, 2.75) is 19.1 Å². The van der Waals surface area contributed by atoms with Crippen LogP contribution in [0.25, 0.3) is 22.0 Å². The van der Waals surface area contributed by atoms with Crippen molar-refractivity contribution >= 4 is 23.3 Å². The second-order valence-corrected chi connectivity index (χ2v) is 7.46. The van der Waals surface area contributed by atoms with Crippen LogP contribution in [0, 0.1) is 12.7 Å². The molecule has 1 aromatic heterocycles. The van der Waals surface area contributed by atoms with E-state index in [1.54, 1.807) is 13.1 Å². The van der Waals surface area contributed by atoms with Gasteiger partial charge >= 0.3 is 0 Å². The molecule has 0 aliphatic heterocycles. The predicted octanol–water partition coefficient (Wildman–Crippen LogP) is 5.35. The third-order valence-corrected chi connectivity index (χ3v) is 5.37. The quantitative estimate of drug-likeness (QED) is 0.438. The van der Waals surface area contributed by atoms with Gasteiger partial charge in [0.1, 0.15) is 5.82 Å². The first-order valence-electron chi connectivity index (χ1n) is 9.83. The van der Waals surface area contributed by atoms with E-state index in [0.717, 1.165) is 27.6 Å². The van der Waals surface area contributed by atoms with Gasteiger partial charge in [-0.25, -0.2) is 4.39 Å². The highest BCUT2D eigenvalue weighted by atomic mass is 35.5. The molecule has 0 unspecified atom stereocenters. The number of nitrogens with zero attached hydrogens (tertiary/aromatic N) is 1. The Kier molecular flexibility index (Phi) is 6.93. The summed E-state index contributed by atoms with van der Waals surface area (Å²) >= 11 is 0. The maximum atomic E-state index is 14.0. The number of aryl methyl sites for hydroxylation is 1. The first-order chi connectivity index (χ1) is 14.1. The number of nitrogens with one attached hydrogen (secondary N) is 1. The number of fused-ring (bicyclic) bond motifs is 1. The largest absolute Gasteiger partial charge is 0.389 e. The molecule has 3 aromatic carbocycles. The molecule has 0 aliphatic rings. The maximum absolute atomic E-state index is 14.0. The molecule has 3 nitrogen and oxygen atoms in total. The summed E-state index contributed by atoms with van der Waals surface area (Å²) in [5, 5.41) is 15.1. The van der Waals surface area contributed by atoms with Crippen LogP contribution < -0.4 is 5.32 Å². The monoisotopic (exact) mass is 424 g/mol. The van der Waals surface area contributed by atoms with Gasteiger partial charge in [0, 0.05) is 29.2 Å². The van der Waals surface area contributed by atoms with Crippen LogP contribution in [-0.4, -0.2) is 29.4 Å². The van der Waals surface area contributed by atoms with E-state index in [1.807, 2.05) is 24.3 Å². The predicted molar refractivity (Wildman–Crippen MR) is 124 cm³/mol. The minimum atomic E-state index is -0.719. The normalized spacial score (nSPS) is 13.1. The molecule has 0 amide bonds. The molecule has 5 heteroatoms. The van der Waals surface area contributed by atoms with Crippen LogP contribution >= 0.6 is 12.4 Å². The Morgan fingerprint density at radius 3 is 2.43 bits per heavy atom. The number of hydrogen-bond donors (Lipinski definition) is 2. The average Bonchev–Trinajstić information content (AvgIpc) is 3.09. The Balaban J connectivity index is 0.00000256. The fourth-order valence-electron chi connectivity index (χ4n) is 3.98. The van der Waals surface area contributed by atoms with E-state index in [4.69, 9.17) is 0 Å². The van der Waals surface area contributed by atoms with Crippen molar-refractivity contribution in [3.63, 3.8) is 0 Å². The molecule has 2 N–H and O–H groups in total.